The molecule has 0 aliphatic carbocycles. The third kappa shape index (κ3) is 2.50. The Balaban J connectivity index is 3.73. The minimum Gasteiger partial charge on any atom is -0.298 e. The Kier molecular flexibility index (Phi) is 3.86. The molecular weight excluding hydrogens is 373 g/mol. The lowest BCUT2D eigenvalue weighted by Gasteiger charge is -2.04. The monoisotopic (exact) mass is 375 g/mol. The smallest absolute Gasteiger partial charge is 0.284 e. The zero-order valence-corrected chi connectivity index (χ0v) is 11.1. The van der Waals surface area contributed by atoms with Crippen molar-refractivity contribution in [2.45, 2.75) is 4.90 Å². The Hall–Kier alpha value is -0.740. The van der Waals surface area contributed by atoms with Gasteiger partial charge in [0.05, 0.1) is 4.92 Å². The fraction of sp³-hybridized carbons (Fsp3) is 0. The topological polar surface area (TPSA) is 94.3 Å². The van der Waals surface area contributed by atoms with E-state index in [0.29, 0.717) is 0 Å². The van der Waals surface area contributed by atoms with Crippen molar-refractivity contribution in [3.8, 4) is 0 Å². The Morgan fingerprint density at radius 3 is 2.38 bits per heavy atom. The van der Waals surface area contributed by atoms with E-state index in [1.54, 1.807) is 0 Å². The second-order valence-electron chi connectivity index (χ2n) is 2.63. The van der Waals surface area contributed by atoms with Crippen LogP contribution in [0.5, 0.6) is 0 Å². The predicted molar refractivity (Wildman–Crippen MR) is 64.2 cm³/mol. The molecule has 0 bridgehead atoms. The van der Waals surface area contributed by atoms with Gasteiger partial charge in [-0.1, -0.05) is 0 Å². The zero-order valence-electron chi connectivity index (χ0n) is 7.38. The first-order valence-electron chi connectivity index (χ1n) is 3.65. The van der Waals surface area contributed by atoms with Gasteiger partial charge in [0.2, 0.25) is 0 Å². The van der Waals surface area contributed by atoms with Crippen molar-refractivity contribution in [2.75, 3.05) is 0 Å². The van der Waals surface area contributed by atoms with Gasteiger partial charge in [-0.25, -0.2) is 8.42 Å². The van der Waals surface area contributed by atoms with Crippen LogP contribution in [0.4, 0.5) is 5.69 Å². The lowest BCUT2D eigenvalue weighted by molar-refractivity contribution is -0.386. The van der Waals surface area contributed by atoms with E-state index in [4.69, 9.17) is 10.7 Å². The third-order valence-corrected chi connectivity index (χ3v) is 4.52. The molecule has 0 saturated carbocycles. The van der Waals surface area contributed by atoms with Gasteiger partial charge in [-0.05, 0) is 28.7 Å². The first kappa shape index (κ1) is 13.3. The molecular formula is C7H3ClINO5S. The number of nitro benzene ring substituents is 1. The minimum absolute atomic E-state index is 0.179. The van der Waals surface area contributed by atoms with E-state index in [0.717, 1.165) is 12.1 Å². The van der Waals surface area contributed by atoms with Gasteiger partial charge in [-0.2, -0.15) is 0 Å². The third-order valence-electron chi connectivity index (χ3n) is 1.67. The molecule has 0 saturated heterocycles. The molecule has 0 N–H and O–H groups in total. The molecule has 0 aliphatic heterocycles. The average molecular weight is 376 g/mol. The van der Waals surface area contributed by atoms with Crippen molar-refractivity contribution in [3.63, 3.8) is 0 Å². The number of benzene rings is 1. The number of aldehydes is 1. The van der Waals surface area contributed by atoms with Crippen LogP contribution in [-0.2, 0) is 9.05 Å². The van der Waals surface area contributed by atoms with E-state index in [9.17, 15) is 23.3 Å². The maximum Gasteiger partial charge on any atom is 0.284 e. The van der Waals surface area contributed by atoms with Gasteiger partial charge in [0.1, 0.15) is 8.47 Å². The average Bonchev–Trinajstić information content (AvgIpc) is 2.14. The summed E-state index contributed by atoms with van der Waals surface area (Å²) in [5.41, 5.74) is -0.615. The van der Waals surface area contributed by atoms with E-state index in [2.05, 4.69) is 0 Å². The second-order valence-corrected chi connectivity index (χ2v) is 6.21. The first-order valence-corrected chi connectivity index (χ1v) is 7.04. The number of nitrogens with zero attached hydrogens (tertiary/aromatic N) is 1. The highest BCUT2D eigenvalue weighted by molar-refractivity contribution is 14.1. The van der Waals surface area contributed by atoms with Crippen LogP contribution in [0.2, 0.25) is 0 Å². The molecule has 1 aromatic carbocycles. The molecule has 16 heavy (non-hydrogen) atoms. The number of nitro groups is 1. The summed E-state index contributed by atoms with van der Waals surface area (Å²) in [6.45, 7) is 0. The minimum atomic E-state index is -4.20. The summed E-state index contributed by atoms with van der Waals surface area (Å²) in [6, 6.07) is 2.10. The standard InChI is InChI=1S/C7H3ClINO5S/c8-16(14,15)7-4(3-11)1-2-5(6(7)9)10(12)13/h1-3H. The molecule has 1 rings (SSSR count). The van der Waals surface area contributed by atoms with Crippen molar-refractivity contribution in [1.29, 1.82) is 0 Å². The van der Waals surface area contributed by atoms with Crippen LogP contribution in [0, 0.1) is 13.7 Å². The summed E-state index contributed by atoms with van der Waals surface area (Å²) in [6.07, 6.45) is 0.279. The fourth-order valence-electron chi connectivity index (χ4n) is 1.04. The Morgan fingerprint density at radius 1 is 1.44 bits per heavy atom. The number of carbonyl (C=O) groups is 1. The summed E-state index contributed by atoms with van der Waals surface area (Å²) in [4.78, 5) is 19.9. The van der Waals surface area contributed by atoms with Crippen LogP contribution in [0.1, 0.15) is 10.4 Å². The van der Waals surface area contributed by atoms with E-state index in [1.165, 1.54) is 22.6 Å². The molecule has 0 aliphatic rings. The number of rotatable bonds is 3. The molecule has 6 nitrogen and oxygen atoms in total. The molecule has 0 unspecified atom stereocenters. The number of halogens is 2. The lowest BCUT2D eigenvalue weighted by Crippen LogP contribution is -2.03. The quantitative estimate of drug-likeness (QED) is 0.264. The van der Waals surface area contributed by atoms with Crippen LogP contribution in [0.25, 0.3) is 0 Å². The number of hydrogen-bond donors (Lipinski definition) is 0. The molecule has 1 aromatic rings. The van der Waals surface area contributed by atoms with Crippen molar-refractivity contribution in [2.24, 2.45) is 0 Å². The van der Waals surface area contributed by atoms with Crippen molar-refractivity contribution in [3.05, 3.63) is 31.4 Å². The van der Waals surface area contributed by atoms with Gasteiger partial charge in [-0.15, -0.1) is 0 Å². The highest BCUT2D eigenvalue weighted by Crippen LogP contribution is 2.31. The summed E-state index contributed by atoms with van der Waals surface area (Å²) in [5.74, 6) is 0. The van der Waals surface area contributed by atoms with Gasteiger partial charge in [0, 0.05) is 22.3 Å². The van der Waals surface area contributed by atoms with Gasteiger partial charge >= 0.3 is 0 Å². The zero-order chi connectivity index (χ0) is 12.5. The predicted octanol–water partition coefficient (Wildman–Crippen LogP) is 1.94. The number of carbonyl (C=O) groups excluding carboxylic acids is 1. The molecule has 86 valence electrons. The van der Waals surface area contributed by atoms with E-state index in [-0.39, 0.29) is 15.4 Å². The summed E-state index contributed by atoms with van der Waals surface area (Å²) in [7, 11) is 0.907. The molecule has 0 aromatic heterocycles. The molecule has 0 fully saturated rings. The van der Waals surface area contributed by atoms with Crippen LogP contribution in [0.15, 0.2) is 17.0 Å². The lowest BCUT2D eigenvalue weighted by atomic mass is 10.2. The second kappa shape index (κ2) is 4.63. The first-order chi connectivity index (χ1) is 7.29. The van der Waals surface area contributed by atoms with Gasteiger partial charge in [-0.3, -0.25) is 14.9 Å². The molecule has 0 atom stereocenters. The van der Waals surface area contributed by atoms with E-state index < -0.39 is 24.6 Å². The highest BCUT2D eigenvalue weighted by atomic mass is 127. The number of hydrogen-bond acceptors (Lipinski definition) is 5. The summed E-state index contributed by atoms with van der Waals surface area (Å²) < 4.78 is 22.2. The summed E-state index contributed by atoms with van der Waals surface area (Å²) in [5, 5.41) is 10.6. The van der Waals surface area contributed by atoms with Crippen molar-refractivity contribution >= 4 is 54.3 Å². The van der Waals surface area contributed by atoms with Crippen molar-refractivity contribution in [1.82, 2.24) is 0 Å². The van der Waals surface area contributed by atoms with Crippen LogP contribution in [0.3, 0.4) is 0 Å². The van der Waals surface area contributed by atoms with Gasteiger partial charge in [0.25, 0.3) is 14.7 Å². The van der Waals surface area contributed by atoms with Crippen LogP contribution < -0.4 is 0 Å². The van der Waals surface area contributed by atoms with Crippen molar-refractivity contribution < 1.29 is 18.1 Å². The Labute approximate surface area is 108 Å². The maximum absolute atomic E-state index is 11.2. The van der Waals surface area contributed by atoms with Gasteiger partial charge in [0.15, 0.2) is 6.29 Å². The molecule has 0 radical (unpaired) electrons. The molecule has 0 spiro atoms. The Bertz CT molecular complexity index is 570. The SMILES string of the molecule is O=Cc1ccc([N+](=O)[O-])c(I)c1S(=O)(=O)Cl. The van der Waals surface area contributed by atoms with Gasteiger partial charge < -0.3 is 0 Å². The normalized spacial score (nSPS) is 11.1. The molecule has 9 heteroatoms. The van der Waals surface area contributed by atoms with E-state index >= 15 is 0 Å². The largest absolute Gasteiger partial charge is 0.298 e. The molecule has 0 amide bonds. The Morgan fingerprint density at radius 2 is 2.00 bits per heavy atom. The highest BCUT2D eigenvalue weighted by Gasteiger charge is 2.26. The maximum atomic E-state index is 11.2. The van der Waals surface area contributed by atoms with E-state index in [1.807, 2.05) is 0 Å². The van der Waals surface area contributed by atoms with Crippen LogP contribution >= 0.6 is 33.3 Å². The van der Waals surface area contributed by atoms with Crippen LogP contribution in [-0.4, -0.2) is 19.6 Å². The fourth-order valence-corrected chi connectivity index (χ4v) is 4.21. The summed E-state index contributed by atoms with van der Waals surface area (Å²) >= 11 is 1.47. The molecule has 0 heterocycles.